The Labute approximate surface area is 136 Å². The fraction of sp³-hybridized carbons (Fsp3) is 0.143. The number of allylic oxidation sites excluding steroid dienone is 1. The van der Waals surface area contributed by atoms with E-state index in [1.54, 1.807) is 31.5 Å². The number of nitrogens with zero attached hydrogens (tertiary/aromatic N) is 8. The molecule has 10 heteroatoms. The highest BCUT2D eigenvalue weighted by molar-refractivity contribution is 5.68. The monoisotopic (exact) mass is 326 g/mol. The molecule has 4 rings (SSSR count). The molecule has 4 heterocycles. The molecule has 10 nitrogen and oxygen atoms in total. The molecule has 0 atom stereocenters. The Balaban J connectivity index is 0.000000143. The van der Waals surface area contributed by atoms with Gasteiger partial charge in [-0.15, -0.1) is 10.2 Å². The number of fused-ring (bicyclic) bond motifs is 2. The molecule has 0 saturated heterocycles. The summed E-state index contributed by atoms with van der Waals surface area (Å²) in [6.45, 7) is 5.33. The molecule has 0 N–H and O–H groups in total. The largest absolute Gasteiger partial charge is 0.397 e. The van der Waals surface area contributed by atoms with E-state index in [0.717, 1.165) is 5.52 Å². The molecule has 0 bridgehead atoms. The Hall–Kier alpha value is -3.56. The number of rotatable bonds is 3. The summed E-state index contributed by atoms with van der Waals surface area (Å²) in [6, 6.07) is 7.23. The van der Waals surface area contributed by atoms with E-state index >= 15 is 0 Å². The van der Waals surface area contributed by atoms with Crippen LogP contribution in [-0.4, -0.2) is 47.4 Å². The van der Waals surface area contributed by atoms with Gasteiger partial charge in [-0.3, -0.25) is 0 Å². The van der Waals surface area contributed by atoms with Crippen LogP contribution in [0.2, 0.25) is 0 Å². The van der Waals surface area contributed by atoms with Gasteiger partial charge in [-0.2, -0.15) is 0 Å². The summed E-state index contributed by atoms with van der Waals surface area (Å²) < 4.78 is 0. The summed E-state index contributed by atoms with van der Waals surface area (Å²) in [5, 5.41) is 15.1. The number of hydrogen-bond acceptors (Lipinski definition) is 8. The van der Waals surface area contributed by atoms with Crippen molar-refractivity contribution < 1.29 is 9.68 Å². The van der Waals surface area contributed by atoms with Crippen molar-refractivity contribution in [1.29, 1.82) is 0 Å². The van der Waals surface area contributed by atoms with Crippen LogP contribution >= 0.6 is 0 Å². The Morgan fingerprint density at radius 3 is 2.04 bits per heavy atom. The highest BCUT2D eigenvalue weighted by Gasteiger charge is 2.04. The lowest BCUT2D eigenvalue weighted by molar-refractivity contribution is 0.138. The van der Waals surface area contributed by atoms with Crippen LogP contribution in [0.3, 0.4) is 0 Å². The standard InChI is InChI=1S/C8H8N4O.C6H6N4O/c1-6(2)13-12-8-7(10-11-12)4-3-5-9-8;1-11-10-6-5(8-9-10)3-2-4-7-6/h3-5H,1H2,2H3;2-4H,1H3. The van der Waals surface area contributed by atoms with Crippen LogP contribution in [0.1, 0.15) is 6.92 Å². The molecule has 4 aromatic heterocycles. The molecule has 0 saturated carbocycles. The van der Waals surface area contributed by atoms with Gasteiger partial charge in [0.25, 0.3) is 0 Å². The normalized spacial score (nSPS) is 10.2. The van der Waals surface area contributed by atoms with Crippen molar-refractivity contribution in [3.8, 4) is 0 Å². The van der Waals surface area contributed by atoms with Gasteiger partial charge in [0, 0.05) is 12.4 Å². The van der Waals surface area contributed by atoms with E-state index in [-0.39, 0.29) is 0 Å². The third kappa shape index (κ3) is 3.11. The second-order valence-electron chi connectivity index (χ2n) is 4.59. The van der Waals surface area contributed by atoms with E-state index in [2.05, 4.69) is 37.2 Å². The van der Waals surface area contributed by atoms with E-state index in [1.807, 2.05) is 12.1 Å². The maximum atomic E-state index is 5.15. The molecule has 0 amide bonds. The zero-order valence-electron chi connectivity index (χ0n) is 13.1. The lowest BCUT2D eigenvalue weighted by atomic mass is 10.4. The first-order valence-corrected chi connectivity index (χ1v) is 6.90. The fourth-order valence-corrected chi connectivity index (χ4v) is 1.82. The Kier molecular flexibility index (Phi) is 4.27. The third-order valence-electron chi connectivity index (χ3n) is 2.78. The molecule has 0 aromatic carbocycles. The lowest BCUT2D eigenvalue weighted by Crippen LogP contribution is -2.10. The predicted octanol–water partition coefficient (Wildman–Crippen LogP) is 0.673. The lowest BCUT2D eigenvalue weighted by Gasteiger charge is -2.00. The van der Waals surface area contributed by atoms with Crippen LogP contribution in [0.4, 0.5) is 0 Å². The fourth-order valence-electron chi connectivity index (χ4n) is 1.82. The van der Waals surface area contributed by atoms with Gasteiger partial charge in [0.2, 0.25) is 11.3 Å². The Morgan fingerprint density at radius 1 is 0.958 bits per heavy atom. The van der Waals surface area contributed by atoms with Crippen LogP contribution in [0, 0.1) is 0 Å². The van der Waals surface area contributed by atoms with Crippen molar-refractivity contribution in [2.75, 3.05) is 7.11 Å². The Bertz CT molecular complexity index is 977. The van der Waals surface area contributed by atoms with Crippen molar-refractivity contribution in [3.63, 3.8) is 0 Å². The second kappa shape index (κ2) is 6.69. The molecule has 24 heavy (non-hydrogen) atoms. The summed E-state index contributed by atoms with van der Waals surface area (Å²) >= 11 is 0. The van der Waals surface area contributed by atoms with E-state index in [0.29, 0.717) is 22.6 Å². The van der Waals surface area contributed by atoms with Gasteiger partial charge in [-0.05, 0) is 41.6 Å². The quantitative estimate of drug-likeness (QED) is 0.506. The molecular weight excluding hydrogens is 312 g/mol. The highest BCUT2D eigenvalue weighted by Crippen LogP contribution is 2.05. The van der Waals surface area contributed by atoms with Gasteiger partial charge >= 0.3 is 0 Å². The van der Waals surface area contributed by atoms with Crippen molar-refractivity contribution in [2.24, 2.45) is 0 Å². The minimum atomic E-state index is 0.539. The van der Waals surface area contributed by atoms with E-state index in [4.69, 9.17) is 9.68 Å². The smallest absolute Gasteiger partial charge is 0.220 e. The number of hydrogen-bond donors (Lipinski definition) is 0. The molecule has 0 unspecified atom stereocenters. The van der Waals surface area contributed by atoms with E-state index in [1.165, 1.54) is 16.8 Å². The van der Waals surface area contributed by atoms with Crippen LogP contribution < -0.4 is 9.68 Å². The van der Waals surface area contributed by atoms with Crippen LogP contribution in [-0.2, 0) is 0 Å². The van der Waals surface area contributed by atoms with Gasteiger partial charge in [0.1, 0.15) is 23.9 Å². The van der Waals surface area contributed by atoms with E-state index in [9.17, 15) is 0 Å². The zero-order chi connectivity index (χ0) is 16.9. The van der Waals surface area contributed by atoms with Crippen LogP contribution in [0.25, 0.3) is 22.3 Å². The molecule has 122 valence electrons. The molecular formula is C14H14N8O2. The third-order valence-corrected chi connectivity index (χ3v) is 2.78. The number of pyridine rings is 2. The summed E-state index contributed by atoms with van der Waals surface area (Å²) in [4.78, 5) is 20.6. The predicted molar refractivity (Wildman–Crippen MR) is 84.5 cm³/mol. The maximum Gasteiger partial charge on any atom is 0.220 e. The Morgan fingerprint density at radius 2 is 1.50 bits per heavy atom. The zero-order valence-corrected chi connectivity index (χ0v) is 13.1. The first kappa shape index (κ1) is 15.3. The number of aromatic nitrogens is 8. The SMILES string of the molecule is C=C(C)On1nnc2cccnc21.COn1nnc2cccnc21. The van der Waals surface area contributed by atoms with Crippen LogP contribution in [0.5, 0.6) is 0 Å². The first-order chi connectivity index (χ1) is 11.7. The summed E-state index contributed by atoms with van der Waals surface area (Å²) in [5.74, 6) is 0.539. The molecule has 0 fully saturated rings. The average Bonchev–Trinajstić information content (AvgIpc) is 3.19. The van der Waals surface area contributed by atoms with Gasteiger partial charge in [0.15, 0.2) is 0 Å². The van der Waals surface area contributed by atoms with Crippen molar-refractivity contribution in [1.82, 2.24) is 40.3 Å². The van der Waals surface area contributed by atoms with Gasteiger partial charge in [0.05, 0.1) is 0 Å². The van der Waals surface area contributed by atoms with Crippen molar-refractivity contribution in [3.05, 3.63) is 49.0 Å². The van der Waals surface area contributed by atoms with Crippen molar-refractivity contribution >= 4 is 22.3 Å². The van der Waals surface area contributed by atoms with E-state index < -0.39 is 0 Å². The summed E-state index contributed by atoms with van der Waals surface area (Å²) in [5.41, 5.74) is 2.65. The van der Waals surface area contributed by atoms with Gasteiger partial charge in [-0.25, -0.2) is 9.97 Å². The molecule has 0 aliphatic carbocycles. The molecule has 0 spiro atoms. The van der Waals surface area contributed by atoms with Gasteiger partial charge in [-0.1, -0.05) is 16.3 Å². The first-order valence-electron chi connectivity index (χ1n) is 6.90. The molecule has 4 aromatic rings. The molecule has 0 aliphatic rings. The molecule has 0 radical (unpaired) electrons. The van der Waals surface area contributed by atoms with Crippen molar-refractivity contribution in [2.45, 2.75) is 6.92 Å². The second-order valence-corrected chi connectivity index (χ2v) is 4.59. The van der Waals surface area contributed by atoms with Gasteiger partial charge < -0.3 is 9.68 Å². The topological polar surface area (TPSA) is 106 Å². The highest BCUT2D eigenvalue weighted by atomic mass is 16.7. The molecule has 0 aliphatic heterocycles. The van der Waals surface area contributed by atoms with Crippen LogP contribution in [0.15, 0.2) is 49.0 Å². The minimum absolute atomic E-state index is 0.539. The minimum Gasteiger partial charge on any atom is -0.397 e. The average molecular weight is 326 g/mol. The summed E-state index contributed by atoms with van der Waals surface area (Å²) in [7, 11) is 1.52. The summed E-state index contributed by atoms with van der Waals surface area (Å²) in [6.07, 6.45) is 3.32. The maximum absolute atomic E-state index is 5.15.